The van der Waals surface area contributed by atoms with Gasteiger partial charge in [0.1, 0.15) is 11.3 Å². The Morgan fingerprint density at radius 1 is 1.42 bits per heavy atom. The van der Waals surface area contributed by atoms with Crippen molar-refractivity contribution in [3.63, 3.8) is 0 Å². The van der Waals surface area contributed by atoms with E-state index in [9.17, 15) is 9.90 Å². The number of tetrazole rings is 1. The summed E-state index contributed by atoms with van der Waals surface area (Å²) >= 11 is 7.46. The number of aliphatic carboxylic acids is 1. The molecule has 2 aromatic rings. The topological polar surface area (TPSA) is 103 Å². The van der Waals surface area contributed by atoms with Gasteiger partial charge in [0.15, 0.2) is 5.82 Å². The molecule has 1 unspecified atom stereocenters. The molecule has 10 heteroatoms. The van der Waals surface area contributed by atoms with Crippen LogP contribution in [0.5, 0.6) is 0 Å². The van der Waals surface area contributed by atoms with E-state index in [-0.39, 0.29) is 12.6 Å². The number of nitrogens with zero attached hydrogens (tertiary/aromatic N) is 5. The molecule has 2 aromatic heterocycles. The molecule has 2 rings (SSSR count). The van der Waals surface area contributed by atoms with Crippen LogP contribution in [0.15, 0.2) is 22.8 Å². The zero-order valence-corrected chi connectivity index (χ0v) is 17.1. The molecule has 1 N–H and O–H groups in total. The highest BCUT2D eigenvalue weighted by Crippen LogP contribution is 2.32. The molecule has 0 saturated heterocycles. The zero-order valence-electron chi connectivity index (χ0n) is 14.6. The molecule has 26 heavy (non-hydrogen) atoms. The molecule has 0 radical (unpaired) electrons. The third-order valence-electron chi connectivity index (χ3n) is 3.98. The van der Waals surface area contributed by atoms with Crippen molar-refractivity contribution in [3.8, 4) is 0 Å². The van der Waals surface area contributed by atoms with Crippen LogP contribution >= 0.6 is 28.6 Å². The average Bonchev–Trinajstić information content (AvgIpc) is 3.02. The van der Waals surface area contributed by atoms with E-state index in [4.69, 9.17) is 4.74 Å². The zero-order chi connectivity index (χ0) is 19.1. The predicted molar refractivity (Wildman–Crippen MR) is 102 cm³/mol. The molecular weight excluding hydrogens is 422 g/mol. The molecule has 0 spiro atoms. The van der Waals surface area contributed by atoms with E-state index in [1.165, 1.54) is 4.68 Å². The summed E-state index contributed by atoms with van der Waals surface area (Å²) in [7, 11) is 0. The van der Waals surface area contributed by atoms with Crippen LogP contribution in [-0.4, -0.2) is 48.6 Å². The van der Waals surface area contributed by atoms with Crippen LogP contribution < -0.4 is 0 Å². The van der Waals surface area contributed by atoms with Crippen molar-refractivity contribution in [2.24, 2.45) is 11.8 Å². The Kier molecular flexibility index (Phi) is 7.98. The van der Waals surface area contributed by atoms with Gasteiger partial charge < -0.3 is 9.84 Å². The molecule has 0 bridgehead atoms. The van der Waals surface area contributed by atoms with Gasteiger partial charge in [0.2, 0.25) is 0 Å². The summed E-state index contributed by atoms with van der Waals surface area (Å²) in [6, 6.07) is 5.56. The lowest BCUT2D eigenvalue weighted by Gasteiger charge is -2.26. The first-order valence-corrected chi connectivity index (χ1v) is 9.65. The summed E-state index contributed by atoms with van der Waals surface area (Å²) in [5.74, 6) is -1.03. The van der Waals surface area contributed by atoms with Gasteiger partial charge in [-0.25, -0.2) is 9.67 Å². The van der Waals surface area contributed by atoms with E-state index in [0.717, 1.165) is 5.69 Å². The lowest BCUT2D eigenvalue weighted by Crippen LogP contribution is -2.31. The number of thiol groups is 1. The van der Waals surface area contributed by atoms with Gasteiger partial charge in [-0.2, -0.15) is 12.6 Å². The fraction of sp³-hybridized carbons (Fsp3) is 0.562. The molecule has 8 nitrogen and oxygen atoms in total. The summed E-state index contributed by atoms with van der Waals surface area (Å²) in [6.07, 6.45) is 0.404. The highest BCUT2D eigenvalue weighted by Gasteiger charge is 2.36. The molecule has 0 amide bonds. The first-order valence-electron chi connectivity index (χ1n) is 8.23. The smallest absolute Gasteiger partial charge is 0.307 e. The number of hydrogen-bond acceptors (Lipinski definition) is 7. The van der Waals surface area contributed by atoms with Crippen molar-refractivity contribution in [3.05, 3.63) is 34.3 Å². The molecule has 0 fully saturated rings. The quantitative estimate of drug-likeness (QED) is 0.330. The highest BCUT2D eigenvalue weighted by molar-refractivity contribution is 9.10. The lowest BCUT2D eigenvalue weighted by molar-refractivity contribution is -0.144. The van der Waals surface area contributed by atoms with E-state index in [1.807, 2.05) is 32.0 Å². The molecule has 0 saturated carbocycles. The van der Waals surface area contributed by atoms with Crippen molar-refractivity contribution >= 4 is 34.5 Å². The number of aromatic nitrogens is 5. The second kappa shape index (κ2) is 9.98. The summed E-state index contributed by atoms with van der Waals surface area (Å²) < 4.78 is 7.66. The van der Waals surface area contributed by atoms with Crippen molar-refractivity contribution in [1.82, 2.24) is 25.2 Å². The second-order valence-electron chi connectivity index (χ2n) is 6.17. The number of halogens is 1. The van der Waals surface area contributed by atoms with Gasteiger partial charge in [-0.3, -0.25) is 4.79 Å². The van der Waals surface area contributed by atoms with Crippen molar-refractivity contribution in [2.45, 2.75) is 32.9 Å². The number of carboxylic acids is 1. The predicted octanol–water partition coefficient (Wildman–Crippen LogP) is 2.42. The van der Waals surface area contributed by atoms with Crippen LogP contribution in [0.1, 0.15) is 31.3 Å². The van der Waals surface area contributed by atoms with Gasteiger partial charge in [0, 0.05) is 23.8 Å². The van der Waals surface area contributed by atoms with Crippen molar-refractivity contribution in [1.29, 1.82) is 0 Å². The van der Waals surface area contributed by atoms with Crippen LogP contribution in [-0.2, 0) is 22.7 Å². The van der Waals surface area contributed by atoms with Crippen LogP contribution in [0.4, 0.5) is 0 Å². The summed E-state index contributed by atoms with van der Waals surface area (Å²) in [6.45, 7) is 4.36. The number of pyridine rings is 1. The molecule has 142 valence electrons. The van der Waals surface area contributed by atoms with E-state index in [2.05, 4.69) is 49.1 Å². The Morgan fingerprint density at radius 3 is 2.81 bits per heavy atom. The standard InChI is InChI=1S/C16H22BrN5O3S/c1-10(2)14(16(23)24)12(8-11-4-3-5-13(17)18-11)15-19-20-21-22(15)9-25-6-7-26/h3-5,10,12,14,26H,6-9H2,1-2H3,(H,23,24)/t12-,14?/m0/s1. The first kappa shape index (κ1) is 20.8. The maximum atomic E-state index is 12.0. The van der Waals surface area contributed by atoms with E-state index >= 15 is 0 Å². The molecule has 0 aliphatic rings. The SMILES string of the molecule is CC(C)C(C(=O)O)[C@H](Cc1cccc(Br)n1)c1nnnn1COCCS. The Labute approximate surface area is 165 Å². The number of hydrogen-bond donors (Lipinski definition) is 2. The molecule has 2 heterocycles. The van der Waals surface area contributed by atoms with Gasteiger partial charge >= 0.3 is 5.97 Å². The maximum absolute atomic E-state index is 12.0. The minimum atomic E-state index is -0.883. The second-order valence-corrected chi connectivity index (χ2v) is 7.43. The van der Waals surface area contributed by atoms with Crippen LogP contribution in [0.3, 0.4) is 0 Å². The highest BCUT2D eigenvalue weighted by atomic mass is 79.9. The molecule has 0 aliphatic heterocycles. The van der Waals surface area contributed by atoms with Gasteiger partial charge in [-0.15, -0.1) is 5.10 Å². The first-order chi connectivity index (χ1) is 12.4. The number of carbonyl (C=O) groups is 1. The summed E-state index contributed by atoms with van der Waals surface area (Å²) in [4.78, 5) is 16.4. The Balaban J connectivity index is 2.37. The minimum Gasteiger partial charge on any atom is -0.481 e. The van der Waals surface area contributed by atoms with Crippen LogP contribution in [0, 0.1) is 11.8 Å². The van der Waals surface area contributed by atoms with Crippen molar-refractivity contribution in [2.75, 3.05) is 12.4 Å². The Hall–Kier alpha value is -1.52. The average molecular weight is 444 g/mol. The third kappa shape index (κ3) is 5.49. The van der Waals surface area contributed by atoms with Gasteiger partial charge in [0.05, 0.1) is 12.5 Å². The molecule has 0 aromatic carbocycles. The van der Waals surface area contributed by atoms with Crippen LogP contribution in [0.2, 0.25) is 0 Å². The van der Waals surface area contributed by atoms with Crippen LogP contribution in [0.25, 0.3) is 0 Å². The minimum absolute atomic E-state index is 0.104. The van der Waals surface area contributed by atoms with Crippen molar-refractivity contribution < 1.29 is 14.6 Å². The molecular formula is C16H22BrN5O3S. The van der Waals surface area contributed by atoms with Gasteiger partial charge in [-0.1, -0.05) is 19.9 Å². The summed E-state index contributed by atoms with van der Waals surface area (Å²) in [5, 5.41) is 21.6. The summed E-state index contributed by atoms with van der Waals surface area (Å²) in [5.41, 5.74) is 0.766. The normalized spacial score (nSPS) is 13.7. The monoisotopic (exact) mass is 443 g/mol. The van der Waals surface area contributed by atoms with E-state index < -0.39 is 17.8 Å². The Bertz CT molecular complexity index is 727. The largest absolute Gasteiger partial charge is 0.481 e. The van der Waals surface area contributed by atoms with Gasteiger partial charge in [0.25, 0.3) is 0 Å². The maximum Gasteiger partial charge on any atom is 0.307 e. The van der Waals surface area contributed by atoms with E-state index in [0.29, 0.717) is 29.2 Å². The fourth-order valence-corrected chi connectivity index (χ4v) is 3.38. The number of rotatable bonds is 10. The molecule has 2 atom stereocenters. The number of ether oxygens (including phenoxy) is 1. The van der Waals surface area contributed by atoms with E-state index in [1.54, 1.807) is 0 Å². The fourth-order valence-electron chi connectivity index (χ4n) is 2.87. The molecule has 0 aliphatic carbocycles. The lowest BCUT2D eigenvalue weighted by atomic mass is 9.80. The van der Waals surface area contributed by atoms with Gasteiger partial charge in [-0.05, 0) is 44.4 Å². The number of carboxylic acid groups (broad SMARTS) is 1. The Morgan fingerprint density at radius 2 is 2.19 bits per heavy atom. The third-order valence-corrected chi connectivity index (χ3v) is 4.60.